The summed E-state index contributed by atoms with van der Waals surface area (Å²) >= 11 is 0. The van der Waals surface area contributed by atoms with Gasteiger partial charge in [-0.3, -0.25) is 10.1 Å². The average Bonchev–Trinajstić information content (AvgIpc) is 2.62. The monoisotopic (exact) mass is 249 g/mol. The fraction of sp³-hybridized carbons (Fsp3) is 0.583. The van der Waals surface area contributed by atoms with Gasteiger partial charge in [-0.1, -0.05) is 0 Å². The molecule has 2 unspecified atom stereocenters. The predicted molar refractivity (Wildman–Crippen MR) is 65.4 cm³/mol. The lowest BCUT2D eigenvalue weighted by Gasteiger charge is -2.38. The summed E-state index contributed by atoms with van der Waals surface area (Å²) in [6.45, 7) is 0. The van der Waals surface area contributed by atoms with Gasteiger partial charge in [0.1, 0.15) is 12.0 Å². The van der Waals surface area contributed by atoms with Crippen molar-refractivity contribution in [1.82, 2.24) is 4.98 Å². The van der Waals surface area contributed by atoms with Gasteiger partial charge in [0, 0.05) is 18.2 Å². The summed E-state index contributed by atoms with van der Waals surface area (Å²) < 4.78 is 0. The van der Waals surface area contributed by atoms with Crippen LogP contribution in [0.2, 0.25) is 0 Å². The van der Waals surface area contributed by atoms with Crippen molar-refractivity contribution in [2.45, 2.75) is 43.9 Å². The topological polar surface area (TPSA) is 79.5 Å². The number of aromatic nitrogens is 1. The number of hydrogen-bond acceptors (Lipinski definition) is 5. The van der Waals surface area contributed by atoms with Crippen LogP contribution in [0.4, 0.5) is 11.5 Å². The van der Waals surface area contributed by atoms with Crippen LogP contribution in [0.15, 0.2) is 18.3 Å². The fourth-order valence-electron chi connectivity index (χ4n) is 3.16. The summed E-state index contributed by atoms with van der Waals surface area (Å²) in [5.74, 6) is 0.792. The van der Waals surface area contributed by atoms with Gasteiger partial charge in [-0.05, 0) is 31.7 Å². The highest BCUT2D eigenvalue weighted by Gasteiger charge is 2.40. The number of aliphatic hydroxyl groups is 1. The molecule has 2 aliphatic heterocycles. The predicted octanol–water partition coefficient (Wildman–Crippen LogP) is 1.48. The number of piperidine rings is 1. The van der Waals surface area contributed by atoms with Crippen molar-refractivity contribution < 1.29 is 10.0 Å². The first-order valence-corrected chi connectivity index (χ1v) is 6.22. The van der Waals surface area contributed by atoms with E-state index in [-0.39, 0.29) is 11.8 Å². The van der Waals surface area contributed by atoms with E-state index in [9.17, 15) is 15.2 Å². The molecule has 0 spiro atoms. The molecule has 2 bridgehead atoms. The molecule has 18 heavy (non-hydrogen) atoms. The molecule has 3 heterocycles. The second kappa shape index (κ2) is 4.20. The molecule has 0 aromatic carbocycles. The number of hydrogen-bond donors (Lipinski definition) is 1. The zero-order valence-corrected chi connectivity index (χ0v) is 9.90. The second-order valence-electron chi connectivity index (χ2n) is 5.05. The molecule has 2 fully saturated rings. The Balaban J connectivity index is 1.85. The Morgan fingerprint density at radius 1 is 1.33 bits per heavy atom. The molecule has 6 heteroatoms. The summed E-state index contributed by atoms with van der Waals surface area (Å²) in [7, 11) is 0. The largest absolute Gasteiger partial charge is 0.393 e. The minimum absolute atomic E-state index is 0.0168. The Morgan fingerprint density at radius 3 is 2.50 bits per heavy atom. The van der Waals surface area contributed by atoms with Crippen molar-refractivity contribution >= 4 is 11.5 Å². The first kappa shape index (κ1) is 11.4. The van der Waals surface area contributed by atoms with E-state index >= 15 is 0 Å². The third kappa shape index (κ3) is 1.82. The van der Waals surface area contributed by atoms with E-state index in [1.54, 1.807) is 6.07 Å². The van der Waals surface area contributed by atoms with Crippen LogP contribution in [0.5, 0.6) is 0 Å². The highest BCUT2D eigenvalue weighted by atomic mass is 16.6. The number of fused-ring (bicyclic) bond motifs is 2. The Bertz CT molecular complexity index is 448. The summed E-state index contributed by atoms with van der Waals surface area (Å²) in [6, 6.07) is 3.86. The van der Waals surface area contributed by atoms with E-state index in [0.717, 1.165) is 31.5 Å². The molecule has 2 atom stereocenters. The van der Waals surface area contributed by atoms with Crippen LogP contribution in [-0.4, -0.2) is 33.2 Å². The Labute approximate surface area is 104 Å². The maximum Gasteiger partial charge on any atom is 0.287 e. The summed E-state index contributed by atoms with van der Waals surface area (Å²) in [5, 5.41) is 20.3. The van der Waals surface area contributed by atoms with Crippen LogP contribution < -0.4 is 4.90 Å². The Morgan fingerprint density at radius 2 is 2.00 bits per heavy atom. The van der Waals surface area contributed by atoms with Crippen LogP contribution >= 0.6 is 0 Å². The molecule has 1 aromatic rings. The van der Waals surface area contributed by atoms with Gasteiger partial charge in [-0.2, -0.15) is 0 Å². The molecular weight excluding hydrogens is 234 g/mol. The van der Waals surface area contributed by atoms with Crippen LogP contribution in [-0.2, 0) is 0 Å². The number of nitrogens with zero attached hydrogens (tertiary/aromatic N) is 3. The number of pyridine rings is 1. The van der Waals surface area contributed by atoms with E-state index in [1.165, 1.54) is 12.3 Å². The van der Waals surface area contributed by atoms with E-state index in [1.807, 2.05) is 0 Å². The molecule has 0 saturated carbocycles. The van der Waals surface area contributed by atoms with Gasteiger partial charge in [0.15, 0.2) is 0 Å². The van der Waals surface area contributed by atoms with Gasteiger partial charge in [0.05, 0.1) is 11.0 Å². The fourth-order valence-corrected chi connectivity index (χ4v) is 3.16. The van der Waals surface area contributed by atoms with Gasteiger partial charge in [0.25, 0.3) is 5.69 Å². The van der Waals surface area contributed by atoms with Gasteiger partial charge < -0.3 is 10.0 Å². The molecule has 96 valence electrons. The minimum atomic E-state index is -0.439. The SMILES string of the molecule is O=[N+]([O-])c1ccc(N2C3CCC2CC(O)C3)nc1. The normalized spacial score (nSPS) is 30.5. The quantitative estimate of drug-likeness (QED) is 0.634. The number of rotatable bonds is 2. The van der Waals surface area contributed by atoms with Crippen molar-refractivity contribution in [2.75, 3.05) is 4.90 Å². The lowest BCUT2D eigenvalue weighted by molar-refractivity contribution is -0.385. The van der Waals surface area contributed by atoms with Gasteiger partial charge in [0.2, 0.25) is 0 Å². The van der Waals surface area contributed by atoms with Crippen molar-refractivity contribution in [3.63, 3.8) is 0 Å². The lowest BCUT2D eigenvalue weighted by Crippen LogP contribution is -2.45. The Hall–Kier alpha value is -1.69. The molecule has 0 amide bonds. The van der Waals surface area contributed by atoms with Crippen LogP contribution in [0.3, 0.4) is 0 Å². The first-order valence-electron chi connectivity index (χ1n) is 6.22. The van der Waals surface area contributed by atoms with Crippen molar-refractivity contribution in [2.24, 2.45) is 0 Å². The molecule has 2 aliphatic rings. The highest BCUT2D eigenvalue weighted by molar-refractivity contribution is 5.46. The van der Waals surface area contributed by atoms with Crippen LogP contribution in [0, 0.1) is 10.1 Å². The maximum atomic E-state index is 10.6. The molecular formula is C12H15N3O3. The minimum Gasteiger partial charge on any atom is -0.393 e. The molecule has 0 aliphatic carbocycles. The van der Waals surface area contributed by atoms with Gasteiger partial charge in [-0.15, -0.1) is 0 Å². The van der Waals surface area contributed by atoms with Crippen LogP contribution in [0.25, 0.3) is 0 Å². The van der Waals surface area contributed by atoms with E-state index in [0.29, 0.717) is 12.1 Å². The van der Waals surface area contributed by atoms with Gasteiger partial charge >= 0.3 is 0 Å². The first-order chi connectivity index (χ1) is 8.65. The van der Waals surface area contributed by atoms with Gasteiger partial charge in [-0.25, -0.2) is 4.98 Å². The van der Waals surface area contributed by atoms with Crippen molar-refractivity contribution in [3.8, 4) is 0 Å². The van der Waals surface area contributed by atoms with Crippen molar-refractivity contribution in [3.05, 3.63) is 28.4 Å². The lowest BCUT2D eigenvalue weighted by atomic mass is 10.00. The zero-order valence-electron chi connectivity index (χ0n) is 9.90. The summed E-state index contributed by atoms with van der Waals surface area (Å²) in [6.07, 6.45) is 4.78. The average molecular weight is 249 g/mol. The smallest absolute Gasteiger partial charge is 0.287 e. The van der Waals surface area contributed by atoms with Crippen molar-refractivity contribution in [1.29, 1.82) is 0 Å². The highest BCUT2D eigenvalue weighted by Crippen LogP contribution is 2.38. The molecule has 6 nitrogen and oxygen atoms in total. The standard InChI is InChI=1S/C12H15N3O3/c16-11-5-8-1-2-9(6-11)14(8)12-4-3-10(7-13-12)15(17)18/h3-4,7-9,11,16H,1-2,5-6H2. The van der Waals surface area contributed by atoms with E-state index < -0.39 is 4.92 Å². The van der Waals surface area contributed by atoms with E-state index in [4.69, 9.17) is 0 Å². The molecule has 0 radical (unpaired) electrons. The third-order valence-corrected chi connectivity index (χ3v) is 3.92. The maximum absolute atomic E-state index is 10.6. The summed E-state index contributed by atoms with van der Waals surface area (Å²) in [4.78, 5) is 16.6. The van der Waals surface area contributed by atoms with Crippen LogP contribution in [0.1, 0.15) is 25.7 Å². The number of nitro groups is 1. The summed E-state index contributed by atoms with van der Waals surface area (Å²) in [5.41, 5.74) is 0.0168. The Kier molecular flexibility index (Phi) is 2.66. The molecule has 2 saturated heterocycles. The molecule has 3 rings (SSSR count). The number of aliphatic hydroxyl groups excluding tert-OH is 1. The van der Waals surface area contributed by atoms with E-state index in [2.05, 4.69) is 9.88 Å². The number of anilines is 1. The third-order valence-electron chi connectivity index (χ3n) is 3.92. The molecule has 1 N–H and O–H groups in total. The molecule has 1 aromatic heterocycles. The second-order valence-corrected chi connectivity index (χ2v) is 5.05. The zero-order chi connectivity index (χ0) is 12.7.